The van der Waals surface area contributed by atoms with Crippen LogP contribution in [0.2, 0.25) is 0 Å². The third kappa shape index (κ3) is 4.12. The second kappa shape index (κ2) is 7.05. The summed E-state index contributed by atoms with van der Waals surface area (Å²) in [5.41, 5.74) is 2.84. The summed E-state index contributed by atoms with van der Waals surface area (Å²) < 4.78 is 28.6. The van der Waals surface area contributed by atoms with Gasteiger partial charge in [0, 0.05) is 28.8 Å². The molecule has 2 heterocycles. The standard InChI is InChI=1S/C19H26BrNO3S/c1-13(21-25(22)18(2,3)4)16-11-19(8-5-9-23-12-19)24-17-7-6-14(20)10-15(16)17/h6-7,10,21H,5,8-9,11-12H2,1-4H3/b16-13-. The molecule has 2 aliphatic rings. The van der Waals surface area contributed by atoms with Crippen molar-refractivity contribution in [3.63, 3.8) is 0 Å². The van der Waals surface area contributed by atoms with Crippen molar-refractivity contribution >= 4 is 32.5 Å². The van der Waals surface area contributed by atoms with E-state index in [1.54, 1.807) is 0 Å². The summed E-state index contributed by atoms with van der Waals surface area (Å²) in [6.07, 6.45) is 2.73. The predicted octanol–water partition coefficient (Wildman–Crippen LogP) is 4.56. The Morgan fingerprint density at radius 2 is 2.12 bits per heavy atom. The van der Waals surface area contributed by atoms with E-state index < -0.39 is 11.0 Å². The zero-order valence-corrected chi connectivity index (χ0v) is 17.7. The third-order valence-electron chi connectivity index (χ3n) is 4.63. The lowest BCUT2D eigenvalue weighted by Gasteiger charge is -2.42. The molecule has 138 valence electrons. The molecule has 0 amide bonds. The van der Waals surface area contributed by atoms with Crippen molar-refractivity contribution in [2.75, 3.05) is 13.2 Å². The summed E-state index contributed by atoms with van der Waals surface area (Å²) in [4.78, 5) is 0. The highest BCUT2D eigenvalue weighted by molar-refractivity contribution is 9.10. The van der Waals surface area contributed by atoms with Gasteiger partial charge in [-0.05, 0) is 64.3 Å². The van der Waals surface area contributed by atoms with E-state index in [1.165, 1.54) is 0 Å². The first-order chi connectivity index (χ1) is 11.7. The smallest absolute Gasteiger partial charge is 0.136 e. The molecule has 0 saturated carbocycles. The summed E-state index contributed by atoms with van der Waals surface area (Å²) in [6, 6.07) is 6.07. The number of nitrogens with one attached hydrogen (secondary N) is 1. The number of halogens is 1. The summed E-state index contributed by atoms with van der Waals surface area (Å²) in [6.45, 7) is 9.31. The zero-order valence-electron chi connectivity index (χ0n) is 15.3. The van der Waals surface area contributed by atoms with Crippen LogP contribution in [0.25, 0.3) is 5.57 Å². The van der Waals surface area contributed by atoms with Crippen LogP contribution in [0.5, 0.6) is 5.75 Å². The van der Waals surface area contributed by atoms with Crippen molar-refractivity contribution < 1.29 is 13.7 Å². The van der Waals surface area contributed by atoms with Crippen LogP contribution in [-0.2, 0) is 15.7 Å². The molecule has 2 unspecified atom stereocenters. The molecular formula is C19H26BrNO3S. The monoisotopic (exact) mass is 427 g/mol. The number of fused-ring (bicyclic) bond motifs is 1. The van der Waals surface area contributed by atoms with Crippen LogP contribution in [0.15, 0.2) is 28.4 Å². The highest BCUT2D eigenvalue weighted by Gasteiger charge is 2.41. The quantitative estimate of drug-likeness (QED) is 0.751. The molecule has 0 radical (unpaired) electrons. The number of allylic oxidation sites excluding steroid dienone is 1. The largest absolute Gasteiger partial charge is 0.484 e. The first-order valence-electron chi connectivity index (χ1n) is 8.65. The van der Waals surface area contributed by atoms with Crippen LogP contribution < -0.4 is 9.46 Å². The highest BCUT2D eigenvalue weighted by Crippen LogP contribution is 2.45. The van der Waals surface area contributed by atoms with Crippen LogP contribution in [-0.4, -0.2) is 27.8 Å². The maximum absolute atomic E-state index is 12.6. The minimum Gasteiger partial charge on any atom is -0.484 e. The maximum Gasteiger partial charge on any atom is 0.136 e. The summed E-state index contributed by atoms with van der Waals surface area (Å²) in [5, 5.41) is 0. The third-order valence-corrected chi connectivity index (χ3v) is 6.73. The van der Waals surface area contributed by atoms with E-state index in [1.807, 2.05) is 39.8 Å². The van der Waals surface area contributed by atoms with Gasteiger partial charge >= 0.3 is 0 Å². The Morgan fingerprint density at radius 1 is 1.36 bits per heavy atom. The van der Waals surface area contributed by atoms with E-state index in [0.29, 0.717) is 6.61 Å². The van der Waals surface area contributed by atoms with Crippen LogP contribution in [0.3, 0.4) is 0 Å². The Bertz CT molecular complexity index is 718. The van der Waals surface area contributed by atoms with Crippen LogP contribution in [0, 0.1) is 0 Å². The Hall–Kier alpha value is -0.850. The molecule has 1 N–H and O–H groups in total. The molecule has 4 nitrogen and oxygen atoms in total. The van der Waals surface area contributed by atoms with Crippen molar-refractivity contribution in [3.8, 4) is 5.75 Å². The molecule has 6 heteroatoms. The van der Waals surface area contributed by atoms with E-state index in [9.17, 15) is 4.21 Å². The molecule has 2 atom stereocenters. The Labute approximate surface area is 161 Å². The van der Waals surface area contributed by atoms with Gasteiger partial charge < -0.3 is 14.2 Å². The van der Waals surface area contributed by atoms with E-state index in [4.69, 9.17) is 9.47 Å². The molecule has 1 aromatic carbocycles. The number of hydrogen-bond acceptors (Lipinski definition) is 3. The van der Waals surface area contributed by atoms with Gasteiger partial charge in [0.1, 0.15) is 22.3 Å². The summed E-state index contributed by atoms with van der Waals surface area (Å²) in [7, 11) is -1.16. The first kappa shape index (κ1) is 18.9. The molecule has 0 aliphatic carbocycles. The molecule has 1 aromatic rings. The molecule has 2 aliphatic heterocycles. The van der Waals surface area contributed by atoms with Gasteiger partial charge in [-0.25, -0.2) is 4.21 Å². The average Bonchev–Trinajstić information content (AvgIpc) is 2.54. The first-order valence-corrected chi connectivity index (χ1v) is 10.6. The zero-order chi connectivity index (χ0) is 18.2. The van der Waals surface area contributed by atoms with Crippen molar-refractivity contribution in [1.29, 1.82) is 0 Å². The number of rotatable bonds is 2. The van der Waals surface area contributed by atoms with Gasteiger partial charge in [0.15, 0.2) is 0 Å². The minimum absolute atomic E-state index is 0.319. The lowest BCUT2D eigenvalue weighted by molar-refractivity contribution is -0.0680. The van der Waals surface area contributed by atoms with Gasteiger partial charge in [-0.3, -0.25) is 0 Å². The van der Waals surface area contributed by atoms with Crippen molar-refractivity contribution in [3.05, 3.63) is 33.9 Å². The van der Waals surface area contributed by atoms with Crippen molar-refractivity contribution in [2.24, 2.45) is 0 Å². The molecule has 1 fully saturated rings. The van der Waals surface area contributed by atoms with Crippen LogP contribution >= 0.6 is 15.9 Å². The summed E-state index contributed by atoms with van der Waals surface area (Å²) >= 11 is 3.55. The second-order valence-corrected chi connectivity index (χ2v) is 10.7. The topological polar surface area (TPSA) is 47.6 Å². The molecule has 0 aromatic heterocycles. The average molecular weight is 428 g/mol. The normalized spacial score (nSPS) is 26.6. The second-order valence-electron chi connectivity index (χ2n) is 7.85. The van der Waals surface area contributed by atoms with Crippen molar-refractivity contribution in [1.82, 2.24) is 4.72 Å². The molecule has 1 saturated heterocycles. The van der Waals surface area contributed by atoms with Crippen LogP contribution in [0.4, 0.5) is 0 Å². The minimum atomic E-state index is -1.16. The molecule has 25 heavy (non-hydrogen) atoms. The Morgan fingerprint density at radius 3 is 2.76 bits per heavy atom. The number of ether oxygens (including phenoxy) is 2. The lowest BCUT2D eigenvalue weighted by atomic mass is 9.82. The predicted molar refractivity (Wildman–Crippen MR) is 106 cm³/mol. The SMILES string of the molecule is C/C(NS(=O)C(C)(C)C)=C1\CC2(CCCOC2)Oc2ccc(Br)cc21. The fourth-order valence-electron chi connectivity index (χ4n) is 3.25. The number of hydrogen-bond donors (Lipinski definition) is 1. The van der Waals surface area contributed by atoms with Gasteiger partial charge in [-0.15, -0.1) is 0 Å². The Balaban J connectivity index is 2.02. The molecule has 1 spiro atoms. The lowest BCUT2D eigenvalue weighted by Crippen LogP contribution is -2.47. The highest BCUT2D eigenvalue weighted by atomic mass is 79.9. The van der Waals surface area contributed by atoms with Gasteiger partial charge in [0.05, 0.1) is 11.4 Å². The Kier molecular flexibility index (Phi) is 5.33. The fraction of sp³-hybridized carbons (Fsp3) is 0.579. The van der Waals surface area contributed by atoms with Gasteiger partial charge in [0.2, 0.25) is 0 Å². The van der Waals surface area contributed by atoms with E-state index in [-0.39, 0.29) is 10.3 Å². The summed E-state index contributed by atoms with van der Waals surface area (Å²) in [5.74, 6) is 0.873. The van der Waals surface area contributed by atoms with Crippen molar-refractivity contribution in [2.45, 2.75) is 57.3 Å². The number of benzene rings is 1. The van der Waals surface area contributed by atoms with Crippen LogP contribution in [0.1, 0.15) is 52.5 Å². The van der Waals surface area contributed by atoms with E-state index in [0.717, 1.165) is 52.9 Å². The molecule has 3 rings (SSSR count). The molecular weight excluding hydrogens is 402 g/mol. The van der Waals surface area contributed by atoms with E-state index >= 15 is 0 Å². The molecule has 0 bridgehead atoms. The van der Waals surface area contributed by atoms with Gasteiger partial charge in [0.25, 0.3) is 0 Å². The fourth-order valence-corrected chi connectivity index (χ4v) is 4.32. The van der Waals surface area contributed by atoms with E-state index in [2.05, 4.69) is 26.7 Å². The van der Waals surface area contributed by atoms with Gasteiger partial charge in [-0.2, -0.15) is 0 Å². The van der Waals surface area contributed by atoms with Gasteiger partial charge in [-0.1, -0.05) is 15.9 Å². The maximum atomic E-state index is 12.6.